The van der Waals surface area contributed by atoms with E-state index in [0.717, 1.165) is 25.7 Å². The maximum Gasteiger partial charge on any atom is 0.334 e. The predicted octanol–water partition coefficient (Wildman–Crippen LogP) is 3.79. The summed E-state index contributed by atoms with van der Waals surface area (Å²) in [6.45, 7) is 8.43. The molecule has 0 aromatic carbocycles. The van der Waals surface area contributed by atoms with Crippen LogP contribution in [0.25, 0.3) is 0 Å². The molecule has 20 heavy (non-hydrogen) atoms. The third-order valence-corrected chi connectivity index (χ3v) is 3.00. The first-order chi connectivity index (χ1) is 9.62. The number of esters is 2. The van der Waals surface area contributed by atoms with Gasteiger partial charge in [-0.25, -0.2) is 9.59 Å². The van der Waals surface area contributed by atoms with E-state index in [1.54, 1.807) is 6.92 Å². The maximum absolute atomic E-state index is 12.1. The molecule has 0 aromatic rings. The van der Waals surface area contributed by atoms with Gasteiger partial charge in [-0.1, -0.05) is 33.6 Å². The lowest BCUT2D eigenvalue weighted by atomic mass is 10.0. The summed E-state index contributed by atoms with van der Waals surface area (Å²) in [6.07, 6.45) is 4.70. The van der Waals surface area contributed by atoms with Gasteiger partial charge in [0.1, 0.15) is 0 Å². The van der Waals surface area contributed by atoms with Crippen molar-refractivity contribution in [1.29, 1.82) is 0 Å². The quantitative estimate of drug-likeness (QED) is 0.348. The Hall–Kier alpha value is -1.32. The molecule has 0 rings (SSSR count). The van der Waals surface area contributed by atoms with Crippen LogP contribution in [0.4, 0.5) is 0 Å². The van der Waals surface area contributed by atoms with Gasteiger partial charge in [-0.15, -0.1) is 0 Å². The predicted molar refractivity (Wildman–Crippen MR) is 79.3 cm³/mol. The van der Waals surface area contributed by atoms with Crippen LogP contribution < -0.4 is 0 Å². The Balaban J connectivity index is 5.04. The molecule has 0 bridgehead atoms. The number of hydrogen-bond acceptors (Lipinski definition) is 4. The average molecular weight is 284 g/mol. The second-order valence-corrected chi connectivity index (χ2v) is 4.62. The lowest BCUT2D eigenvalue weighted by Gasteiger charge is -2.13. The first-order valence-electron chi connectivity index (χ1n) is 7.68. The van der Waals surface area contributed by atoms with Crippen molar-refractivity contribution in [3.05, 3.63) is 11.1 Å². The number of carbonyl (C=O) groups is 2. The Labute approximate surface area is 122 Å². The molecule has 0 aliphatic heterocycles. The van der Waals surface area contributed by atoms with Crippen molar-refractivity contribution in [2.24, 2.45) is 0 Å². The van der Waals surface area contributed by atoms with Crippen LogP contribution in [-0.2, 0) is 19.1 Å². The van der Waals surface area contributed by atoms with Crippen molar-refractivity contribution in [2.75, 3.05) is 13.2 Å². The normalized spacial score (nSPS) is 11.8. The Bertz CT molecular complexity index is 331. The van der Waals surface area contributed by atoms with E-state index in [9.17, 15) is 9.59 Å². The Morgan fingerprint density at radius 3 is 1.90 bits per heavy atom. The molecular formula is C16H28O4. The van der Waals surface area contributed by atoms with E-state index >= 15 is 0 Å². The van der Waals surface area contributed by atoms with Crippen LogP contribution in [-0.4, -0.2) is 25.2 Å². The summed E-state index contributed by atoms with van der Waals surface area (Å²) in [5.74, 6) is -0.759. The van der Waals surface area contributed by atoms with Crippen LogP contribution in [0.3, 0.4) is 0 Å². The Morgan fingerprint density at radius 1 is 0.800 bits per heavy atom. The smallest absolute Gasteiger partial charge is 0.334 e. The summed E-state index contributed by atoms with van der Waals surface area (Å²) in [7, 11) is 0. The largest absolute Gasteiger partial charge is 0.463 e. The topological polar surface area (TPSA) is 52.6 Å². The van der Waals surface area contributed by atoms with E-state index in [4.69, 9.17) is 9.47 Å². The highest BCUT2D eigenvalue weighted by atomic mass is 16.5. The number of rotatable bonds is 10. The van der Waals surface area contributed by atoms with E-state index in [1.165, 1.54) is 0 Å². The van der Waals surface area contributed by atoms with Gasteiger partial charge in [0, 0.05) is 11.1 Å². The molecule has 0 unspecified atom stereocenters. The highest BCUT2D eigenvalue weighted by Gasteiger charge is 2.21. The molecule has 0 N–H and O–H groups in total. The van der Waals surface area contributed by atoms with Crippen LogP contribution in [0.15, 0.2) is 11.1 Å². The molecular weight excluding hydrogens is 256 g/mol. The third-order valence-electron chi connectivity index (χ3n) is 3.00. The molecule has 0 radical (unpaired) electrons. The van der Waals surface area contributed by atoms with Crippen molar-refractivity contribution in [3.63, 3.8) is 0 Å². The molecule has 0 aromatic heterocycles. The number of ether oxygens (including phenoxy) is 2. The molecule has 0 aliphatic carbocycles. The van der Waals surface area contributed by atoms with Crippen molar-refractivity contribution in [2.45, 2.75) is 66.2 Å². The van der Waals surface area contributed by atoms with Gasteiger partial charge in [0.25, 0.3) is 0 Å². The van der Waals surface area contributed by atoms with E-state index in [1.807, 2.05) is 13.8 Å². The molecule has 0 amide bonds. The summed E-state index contributed by atoms with van der Waals surface area (Å²) in [5.41, 5.74) is 0.950. The lowest BCUT2D eigenvalue weighted by molar-refractivity contribution is -0.142. The fraction of sp³-hybridized carbons (Fsp3) is 0.750. The van der Waals surface area contributed by atoms with Crippen molar-refractivity contribution in [1.82, 2.24) is 0 Å². The van der Waals surface area contributed by atoms with Gasteiger partial charge < -0.3 is 9.47 Å². The molecule has 0 heterocycles. The van der Waals surface area contributed by atoms with E-state index < -0.39 is 5.97 Å². The fourth-order valence-corrected chi connectivity index (χ4v) is 1.83. The SMILES string of the molecule is CCCCOC(=O)/C(CCCC)=C(/CC)C(=O)OCC. The van der Waals surface area contributed by atoms with Gasteiger partial charge in [0.05, 0.1) is 13.2 Å². The number of carbonyl (C=O) groups excluding carboxylic acids is 2. The first-order valence-corrected chi connectivity index (χ1v) is 7.68. The minimum absolute atomic E-state index is 0.314. The highest BCUT2D eigenvalue weighted by molar-refractivity contribution is 6.00. The molecule has 4 nitrogen and oxygen atoms in total. The zero-order valence-electron chi connectivity index (χ0n) is 13.3. The average Bonchev–Trinajstić information content (AvgIpc) is 2.43. The van der Waals surface area contributed by atoms with Crippen molar-refractivity contribution < 1.29 is 19.1 Å². The summed E-state index contributed by atoms with van der Waals surface area (Å²) in [6, 6.07) is 0. The second kappa shape index (κ2) is 11.5. The Kier molecular flexibility index (Phi) is 10.7. The molecule has 0 saturated heterocycles. The van der Waals surface area contributed by atoms with Gasteiger partial charge in [0.15, 0.2) is 0 Å². The van der Waals surface area contributed by atoms with Gasteiger partial charge in [-0.3, -0.25) is 0 Å². The summed E-state index contributed by atoms with van der Waals surface area (Å²) in [4.78, 5) is 24.1. The lowest BCUT2D eigenvalue weighted by Crippen LogP contribution is -2.17. The highest BCUT2D eigenvalue weighted by Crippen LogP contribution is 2.19. The monoisotopic (exact) mass is 284 g/mol. The fourth-order valence-electron chi connectivity index (χ4n) is 1.83. The summed E-state index contributed by atoms with van der Waals surface area (Å²) in [5, 5.41) is 0. The molecule has 0 saturated carbocycles. The van der Waals surface area contributed by atoms with Crippen LogP contribution in [0.2, 0.25) is 0 Å². The van der Waals surface area contributed by atoms with Gasteiger partial charge in [-0.2, -0.15) is 0 Å². The van der Waals surface area contributed by atoms with E-state index in [0.29, 0.717) is 37.2 Å². The minimum Gasteiger partial charge on any atom is -0.463 e. The van der Waals surface area contributed by atoms with Crippen molar-refractivity contribution in [3.8, 4) is 0 Å². The van der Waals surface area contributed by atoms with E-state index in [2.05, 4.69) is 6.92 Å². The van der Waals surface area contributed by atoms with Gasteiger partial charge in [-0.05, 0) is 32.6 Å². The zero-order valence-corrected chi connectivity index (χ0v) is 13.3. The first kappa shape index (κ1) is 18.7. The third kappa shape index (κ3) is 6.73. The van der Waals surface area contributed by atoms with Gasteiger partial charge >= 0.3 is 11.9 Å². The van der Waals surface area contributed by atoms with Crippen LogP contribution in [0, 0.1) is 0 Å². The number of unbranched alkanes of at least 4 members (excludes halogenated alkanes) is 2. The van der Waals surface area contributed by atoms with Crippen LogP contribution in [0.5, 0.6) is 0 Å². The minimum atomic E-state index is -0.395. The standard InChI is InChI=1S/C16H28O4/c1-5-9-11-14(16(18)20-12-10-6-2)13(7-3)15(17)19-8-4/h5-12H2,1-4H3/b14-13-. The maximum atomic E-state index is 12.1. The zero-order chi connectivity index (χ0) is 15.4. The molecule has 116 valence electrons. The summed E-state index contributed by atoms with van der Waals surface area (Å²) < 4.78 is 10.3. The molecule has 4 heteroatoms. The van der Waals surface area contributed by atoms with Crippen LogP contribution in [0.1, 0.15) is 66.2 Å². The van der Waals surface area contributed by atoms with Crippen molar-refractivity contribution >= 4 is 11.9 Å². The molecule has 0 fully saturated rings. The Morgan fingerprint density at radius 2 is 1.40 bits per heavy atom. The molecule has 0 atom stereocenters. The van der Waals surface area contributed by atoms with E-state index in [-0.39, 0.29) is 5.97 Å². The second-order valence-electron chi connectivity index (χ2n) is 4.62. The van der Waals surface area contributed by atoms with Gasteiger partial charge in [0.2, 0.25) is 0 Å². The van der Waals surface area contributed by atoms with Crippen LogP contribution >= 0.6 is 0 Å². The molecule has 0 aliphatic rings. The molecule has 0 spiro atoms. The summed E-state index contributed by atoms with van der Waals surface area (Å²) >= 11 is 0. The number of hydrogen-bond donors (Lipinski definition) is 0.